The first-order valence-electron chi connectivity index (χ1n) is 4.92. The molecular weight excluding hydrogens is 210 g/mol. The third-order valence-corrected chi connectivity index (χ3v) is 2.02. The van der Waals surface area contributed by atoms with Gasteiger partial charge in [0.25, 0.3) is 0 Å². The number of nitrogens with one attached hydrogen (secondary N) is 2. The van der Waals surface area contributed by atoms with E-state index in [-0.39, 0.29) is 11.8 Å². The van der Waals surface area contributed by atoms with Crippen LogP contribution in [0.2, 0.25) is 0 Å². The number of carbonyl (C=O) groups is 2. The van der Waals surface area contributed by atoms with Crippen LogP contribution in [0.4, 0.5) is 5.82 Å². The van der Waals surface area contributed by atoms with Crippen molar-refractivity contribution in [2.75, 3.05) is 12.4 Å². The molecule has 0 aliphatic heterocycles. The minimum Gasteiger partial charge on any atom is -0.366 e. The highest BCUT2D eigenvalue weighted by Gasteiger charge is 2.14. The van der Waals surface area contributed by atoms with E-state index >= 15 is 0 Å². The number of H-pyrrole nitrogens is 1. The van der Waals surface area contributed by atoms with Crippen LogP contribution >= 0.6 is 0 Å². The van der Waals surface area contributed by atoms with Crippen molar-refractivity contribution in [1.29, 1.82) is 0 Å². The van der Waals surface area contributed by atoms with Crippen molar-refractivity contribution in [2.24, 2.45) is 5.92 Å². The van der Waals surface area contributed by atoms with Crippen molar-refractivity contribution >= 4 is 18.0 Å². The third-order valence-electron chi connectivity index (χ3n) is 2.02. The number of rotatable bonds is 5. The normalized spacial score (nSPS) is 12.5. The molecule has 0 saturated carbocycles. The fourth-order valence-corrected chi connectivity index (χ4v) is 1.05. The predicted octanol–water partition coefficient (Wildman–Crippen LogP) is 0.891. The molecule has 1 aromatic rings. The van der Waals surface area contributed by atoms with Gasteiger partial charge in [0, 0.05) is 13.0 Å². The number of carbonyl (C=O) groups excluding carboxylic acids is 2. The fraction of sp³-hybridized carbons (Fsp3) is 0.500. The largest absolute Gasteiger partial charge is 0.366 e. The summed E-state index contributed by atoms with van der Waals surface area (Å²) in [7, 11) is 1.41. The van der Waals surface area contributed by atoms with Crippen LogP contribution in [0.15, 0.2) is 6.20 Å². The number of imidazole rings is 1. The molecule has 0 saturated heterocycles. The smallest absolute Gasteiger partial charge is 0.228 e. The molecule has 0 fully saturated rings. The topological polar surface area (TPSA) is 84.1 Å². The summed E-state index contributed by atoms with van der Waals surface area (Å²) in [6, 6.07) is 0. The van der Waals surface area contributed by atoms with Crippen molar-refractivity contribution in [2.45, 2.75) is 20.0 Å². The Labute approximate surface area is 93.4 Å². The summed E-state index contributed by atoms with van der Waals surface area (Å²) >= 11 is 0. The van der Waals surface area contributed by atoms with Crippen LogP contribution in [0.3, 0.4) is 0 Å². The van der Waals surface area contributed by atoms with Crippen LogP contribution in [0.5, 0.6) is 0 Å². The lowest BCUT2D eigenvalue weighted by atomic mass is 10.2. The number of aromatic nitrogens is 2. The quantitative estimate of drug-likeness (QED) is 0.729. The molecule has 6 nitrogen and oxygen atoms in total. The van der Waals surface area contributed by atoms with Gasteiger partial charge in [0.1, 0.15) is 11.6 Å². The number of hydrogen-bond acceptors (Lipinski definition) is 4. The van der Waals surface area contributed by atoms with Gasteiger partial charge in [-0.15, -0.1) is 0 Å². The molecule has 0 radical (unpaired) electrons. The second kappa shape index (κ2) is 5.41. The number of hydrogen-bond donors (Lipinski definition) is 2. The summed E-state index contributed by atoms with van der Waals surface area (Å²) in [6.45, 7) is 3.58. The molecule has 1 heterocycles. The van der Waals surface area contributed by atoms with E-state index in [1.165, 1.54) is 13.3 Å². The van der Waals surface area contributed by atoms with Crippen LogP contribution < -0.4 is 5.32 Å². The van der Waals surface area contributed by atoms with Gasteiger partial charge in [-0.2, -0.15) is 0 Å². The highest BCUT2D eigenvalue weighted by molar-refractivity contribution is 5.91. The van der Waals surface area contributed by atoms with Gasteiger partial charge in [0.15, 0.2) is 12.4 Å². The lowest BCUT2D eigenvalue weighted by Gasteiger charge is -2.05. The second-order valence-corrected chi connectivity index (χ2v) is 3.62. The molecule has 0 aliphatic rings. The molecular formula is C10H15N3O3. The summed E-state index contributed by atoms with van der Waals surface area (Å²) in [5, 5.41) is 2.64. The van der Waals surface area contributed by atoms with Gasteiger partial charge in [0.2, 0.25) is 5.91 Å². The standard InChI is InChI=1S/C10H15N3O3/c1-6(2)10(15)13-8-4-11-9(12-8)7(5-14)16-3/h4-7H,1-3H3,(H,11,12)(H,13,15). The molecule has 0 aromatic carbocycles. The Morgan fingerprint density at radius 2 is 2.31 bits per heavy atom. The lowest BCUT2D eigenvalue weighted by molar-refractivity contribution is -0.119. The molecule has 16 heavy (non-hydrogen) atoms. The van der Waals surface area contributed by atoms with Gasteiger partial charge < -0.3 is 15.0 Å². The first-order chi connectivity index (χ1) is 7.58. The van der Waals surface area contributed by atoms with E-state index in [0.717, 1.165) is 0 Å². The molecule has 1 amide bonds. The molecule has 1 aromatic heterocycles. The van der Waals surface area contributed by atoms with E-state index in [2.05, 4.69) is 15.3 Å². The first kappa shape index (κ1) is 12.4. The van der Waals surface area contributed by atoms with Crippen LogP contribution in [0.1, 0.15) is 25.8 Å². The molecule has 0 bridgehead atoms. The molecule has 2 N–H and O–H groups in total. The van der Waals surface area contributed by atoms with Crippen molar-refractivity contribution < 1.29 is 14.3 Å². The molecule has 6 heteroatoms. The maximum atomic E-state index is 11.4. The Hall–Kier alpha value is -1.69. The first-order valence-corrected chi connectivity index (χ1v) is 4.92. The minimum absolute atomic E-state index is 0.115. The van der Waals surface area contributed by atoms with Crippen LogP contribution in [0.25, 0.3) is 0 Å². The summed E-state index contributed by atoms with van der Waals surface area (Å²) in [5.41, 5.74) is 0. The molecule has 0 aliphatic carbocycles. The predicted molar refractivity (Wildman–Crippen MR) is 57.9 cm³/mol. The number of anilines is 1. The van der Waals surface area contributed by atoms with Crippen molar-refractivity contribution in [3.05, 3.63) is 12.0 Å². The van der Waals surface area contributed by atoms with E-state index in [1.54, 1.807) is 13.8 Å². The Bertz CT molecular complexity index is 373. The zero-order valence-corrected chi connectivity index (χ0v) is 9.48. The minimum atomic E-state index is -0.732. The average Bonchev–Trinajstić information content (AvgIpc) is 2.68. The highest BCUT2D eigenvalue weighted by atomic mass is 16.5. The summed E-state index contributed by atoms with van der Waals surface area (Å²) in [6.07, 6.45) is 1.35. The van der Waals surface area contributed by atoms with Crippen molar-refractivity contribution in [1.82, 2.24) is 9.97 Å². The number of aromatic amines is 1. The third kappa shape index (κ3) is 2.90. The zero-order valence-electron chi connectivity index (χ0n) is 9.48. The molecule has 0 spiro atoms. The summed E-state index contributed by atoms with van der Waals surface area (Å²) in [4.78, 5) is 28.7. The van der Waals surface area contributed by atoms with E-state index in [4.69, 9.17) is 4.74 Å². The summed E-state index contributed by atoms with van der Waals surface area (Å²) < 4.78 is 4.88. The summed E-state index contributed by atoms with van der Waals surface area (Å²) in [5.74, 6) is 0.598. The van der Waals surface area contributed by atoms with E-state index in [9.17, 15) is 9.59 Å². The Kier molecular flexibility index (Phi) is 4.19. The number of nitrogens with zero attached hydrogens (tertiary/aromatic N) is 1. The van der Waals surface area contributed by atoms with Crippen LogP contribution in [-0.2, 0) is 14.3 Å². The fourth-order valence-electron chi connectivity index (χ4n) is 1.05. The number of ether oxygens (including phenoxy) is 1. The van der Waals surface area contributed by atoms with Crippen molar-refractivity contribution in [3.63, 3.8) is 0 Å². The van der Waals surface area contributed by atoms with Crippen molar-refractivity contribution in [3.8, 4) is 0 Å². The Morgan fingerprint density at radius 1 is 1.62 bits per heavy atom. The van der Waals surface area contributed by atoms with Gasteiger partial charge in [-0.1, -0.05) is 13.8 Å². The molecule has 1 atom stereocenters. The van der Waals surface area contributed by atoms with Gasteiger partial charge in [-0.3, -0.25) is 9.59 Å². The second-order valence-electron chi connectivity index (χ2n) is 3.62. The molecule has 1 rings (SSSR count). The highest BCUT2D eigenvalue weighted by Crippen LogP contribution is 2.13. The van der Waals surface area contributed by atoms with E-state index in [1.807, 2.05) is 0 Å². The van der Waals surface area contributed by atoms with Crippen LogP contribution in [-0.4, -0.2) is 29.3 Å². The number of methoxy groups -OCH3 is 1. The SMILES string of the molecule is COC(C=O)c1ncc(NC(=O)C(C)C)[nH]1. The van der Waals surface area contributed by atoms with E-state index in [0.29, 0.717) is 17.9 Å². The Morgan fingerprint density at radius 3 is 2.81 bits per heavy atom. The number of amides is 1. The lowest BCUT2D eigenvalue weighted by Crippen LogP contribution is -2.18. The van der Waals surface area contributed by atoms with Gasteiger partial charge in [-0.25, -0.2) is 4.98 Å². The monoisotopic (exact) mass is 225 g/mol. The van der Waals surface area contributed by atoms with Crippen LogP contribution in [0, 0.1) is 5.92 Å². The average molecular weight is 225 g/mol. The maximum Gasteiger partial charge on any atom is 0.228 e. The Balaban J connectivity index is 2.71. The van der Waals surface area contributed by atoms with Gasteiger partial charge in [-0.05, 0) is 0 Å². The van der Waals surface area contributed by atoms with E-state index < -0.39 is 6.10 Å². The van der Waals surface area contributed by atoms with Gasteiger partial charge in [0.05, 0.1) is 6.20 Å². The molecule has 1 unspecified atom stereocenters. The maximum absolute atomic E-state index is 11.4. The zero-order chi connectivity index (χ0) is 12.1. The number of aldehydes is 1. The molecule has 88 valence electrons. The van der Waals surface area contributed by atoms with Gasteiger partial charge >= 0.3 is 0 Å².